The minimum Gasteiger partial charge on any atom is -0.368 e. The molecule has 20 heavy (non-hydrogen) atoms. The molecule has 1 aliphatic rings. The number of nitrogens with zero attached hydrogens (tertiary/aromatic N) is 2. The number of carbonyl (C=O) groups is 1. The highest BCUT2D eigenvalue weighted by Crippen LogP contribution is 2.32. The fraction of sp³-hybridized carbons (Fsp3) is 0.769. The number of nitrogens with one attached hydrogen (secondary N) is 1. The molecule has 1 aliphatic carbocycles. The summed E-state index contributed by atoms with van der Waals surface area (Å²) in [5.74, 6) is 0.613. The van der Waals surface area contributed by atoms with Crippen molar-refractivity contribution in [3.05, 3.63) is 5.82 Å². The van der Waals surface area contributed by atoms with Crippen LogP contribution in [-0.2, 0) is 11.2 Å². The van der Waals surface area contributed by atoms with Crippen LogP contribution >= 0.6 is 23.3 Å². The Bertz CT molecular complexity index is 475. The normalized spacial score (nSPS) is 19.6. The van der Waals surface area contributed by atoms with Gasteiger partial charge in [0.1, 0.15) is 5.82 Å². The summed E-state index contributed by atoms with van der Waals surface area (Å²) < 4.78 is 5.25. The van der Waals surface area contributed by atoms with Crippen LogP contribution in [0.1, 0.15) is 45.9 Å². The average Bonchev–Trinajstić information content (AvgIpc) is 3.05. The number of hydrogen-bond acceptors (Lipinski definition) is 6. The summed E-state index contributed by atoms with van der Waals surface area (Å²) in [5, 5.41) is 3.64. The summed E-state index contributed by atoms with van der Waals surface area (Å²) >= 11 is 3.10. The van der Waals surface area contributed by atoms with Crippen molar-refractivity contribution in [2.24, 2.45) is 5.73 Å². The number of primary amides is 1. The van der Waals surface area contributed by atoms with Crippen LogP contribution in [0, 0.1) is 0 Å². The molecule has 0 aliphatic heterocycles. The van der Waals surface area contributed by atoms with E-state index >= 15 is 0 Å². The van der Waals surface area contributed by atoms with Gasteiger partial charge in [-0.3, -0.25) is 4.79 Å². The molecule has 7 heteroatoms. The molecule has 0 saturated heterocycles. The lowest BCUT2D eigenvalue weighted by atomic mass is 9.95. The zero-order valence-corrected chi connectivity index (χ0v) is 13.8. The fourth-order valence-corrected chi connectivity index (χ4v) is 4.32. The van der Waals surface area contributed by atoms with Crippen molar-refractivity contribution in [2.75, 3.05) is 0 Å². The first-order valence-corrected chi connectivity index (χ1v) is 8.65. The van der Waals surface area contributed by atoms with E-state index in [4.69, 9.17) is 5.73 Å². The van der Waals surface area contributed by atoms with Gasteiger partial charge in [0.15, 0.2) is 4.34 Å². The highest BCUT2D eigenvalue weighted by molar-refractivity contribution is 8.01. The smallest absolute Gasteiger partial charge is 0.237 e. The number of aryl methyl sites for hydroxylation is 1. The summed E-state index contributed by atoms with van der Waals surface area (Å²) in [6.45, 7) is 6.05. The number of thioether (sulfide) groups is 1. The number of nitrogens with two attached hydrogens (primary N) is 1. The summed E-state index contributed by atoms with van der Waals surface area (Å²) in [6.07, 6.45) is 3.83. The van der Waals surface area contributed by atoms with Gasteiger partial charge in [0.2, 0.25) is 5.91 Å². The Balaban J connectivity index is 1.93. The molecule has 0 aromatic carbocycles. The monoisotopic (exact) mass is 314 g/mol. The van der Waals surface area contributed by atoms with Gasteiger partial charge < -0.3 is 11.1 Å². The summed E-state index contributed by atoms with van der Waals surface area (Å²) in [6, 6.07) is 0.456. The third-order valence-electron chi connectivity index (χ3n) is 3.41. The van der Waals surface area contributed by atoms with Crippen molar-refractivity contribution < 1.29 is 4.79 Å². The summed E-state index contributed by atoms with van der Waals surface area (Å²) in [7, 11) is 0. The van der Waals surface area contributed by atoms with Crippen molar-refractivity contribution >= 4 is 29.2 Å². The highest BCUT2D eigenvalue weighted by atomic mass is 32.2. The van der Waals surface area contributed by atoms with Crippen LogP contribution in [0.4, 0.5) is 0 Å². The van der Waals surface area contributed by atoms with Crippen LogP contribution in [0.25, 0.3) is 0 Å². The lowest BCUT2D eigenvalue weighted by molar-refractivity contribution is -0.124. The Morgan fingerprint density at radius 2 is 2.35 bits per heavy atom. The van der Waals surface area contributed by atoms with E-state index in [1.807, 2.05) is 13.8 Å². The molecule has 2 rings (SSSR count). The molecule has 1 aromatic rings. The Kier molecular flexibility index (Phi) is 5.04. The molecule has 2 unspecified atom stereocenters. The maximum Gasteiger partial charge on any atom is 0.237 e. The Labute approximate surface area is 128 Å². The number of hydrogen-bond donors (Lipinski definition) is 2. The molecule has 1 heterocycles. The SMILES string of the molecule is CCc1nsc(SC(C)CC(C)(NC2CC2)C(N)=O)n1. The van der Waals surface area contributed by atoms with E-state index in [0.717, 1.165) is 29.4 Å². The molecule has 3 N–H and O–H groups in total. The van der Waals surface area contributed by atoms with E-state index in [-0.39, 0.29) is 11.2 Å². The Hall–Kier alpha value is -0.660. The number of aromatic nitrogens is 2. The molecule has 0 spiro atoms. The van der Waals surface area contributed by atoms with Crippen molar-refractivity contribution in [3.8, 4) is 0 Å². The van der Waals surface area contributed by atoms with E-state index in [1.54, 1.807) is 11.8 Å². The predicted molar refractivity (Wildman–Crippen MR) is 83.0 cm³/mol. The van der Waals surface area contributed by atoms with Crippen LogP contribution in [0.3, 0.4) is 0 Å². The second kappa shape index (κ2) is 6.41. The zero-order chi connectivity index (χ0) is 14.8. The molecule has 1 amide bonds. The third kappa shape index (κ3) is 4.17. The quantitative estimate of drug-likeness (QED) is 0.717. The largest absolute Gasteiger partial charge is 0.368 e. The molecule has 112 valence electrons. The Morgan fingerprint density at radius 1 is 1.65 bits per heavy atom. The number of amides is 1. The van der Waals surface area contributed by atoms with Gasteiger partial charge in [-0.1, -0.05) is 25.6 Å². The maximum atomic E-state index is 11.7. The molecular formula is C13H22N4OS2. The number of carbonyl (C=O) groups excluding carboxylic acids is 1. The van der Waals surface area contributed by atoms with E-state index in [0.29, 0.717) is 12.5 Å². The lowest BCUT2D eigenvalue weighted by Gasteiger charge is -2.30. The molecule has 1 saturated carbocycles. The van der Waals surface area contributed by atoms with Crippen LogP contribution in [0.5, 0.6) is 0 Å². The van der Waals surface area contributed by atoms with Gasteiger partial charge >= 0.3 is 0 Å². The van der Waals surface area contributed by atoms with E-state index in [9.17, 15) is 4.79 Å². The first kappa shape index (κ1) is 15.7. The standard InChI is InChI=1S/C13H22N4OS2/c1-4-10-15-12(20-17-10)19-8(2)7-13(3,11(14)18)16-9-5-6-9/h8-9,16H,4-7H2,1-3H3,(H2,14,18). The minimum atomic E-state index is -0.633. The van der Waals surface area contributed by atoms with Gasteiger partial charge in [-0.25, -0.2) is 4.98 Å². The van der Waals surface area contributed by atoms with Crippen molar-refractivity contribution in [2.45, 2.75) is 67.6 Å². The van der Waals surface area contributed by atoms with Gasteiger partial charge in [-0.15, -0.1) is 0 Å². The second-order valence-electron chi connectivity index (χ2n) is 5.58. The zero-order valence-electron chi connectivity index (χ0n) is 12.2. The molecule has 2 atom stereocenters. The third-order valence-corrected chi connectivity index (χ3v) is 5.33. The van der Waals surface area contributed by atoms with Crippen molar-refractivity contribution in [3.63, 3.8) is 0 Å². The van der Waals surface area contributed by atoms with Crippen molar-refractivity contribution in [1.29, 1.82) is 0 Å². The van der Waals surface area contributed by atoms with Crippen molar-refractivity contribution in [1.82, 2.24) is 14.7 Å². The molecule has 0 radical (unpaired) electrons. The van der Waals surface area contributed by atoms with E-state index < -0.39 is 5.54 Å². The number of rotatable bonds is 8. The molecular weight excluding hydrogens is 292 g/mol. The van der Waals surface area contributed by atoms with Gasteiger partial charge in [-0.05, 0) is 37.7 Å². The van der Waals surface area contributed by atoms with Gasteiger partial charge in [0.25, 0.3) is 0 Å². The second-order valence-corrected chi connectivity index (χ2v) is 8.02. The van der Waals surface area contributed by atoms with Gasteiger partial charge in [0.05, 0.1) is 5.54 Å². The Morgan fingerprint density at radius 3 is 2.85 bits per heavy atom. The van der Waals surface area contributed by atoms with Gasteiger partial charge in [0, 0.05) is 17.7 Å². The molecule has 1 fully saturated rings. The minimum absolute atomic E-state index is 0.261. The van der Waals surface area contributed by atoms with Gasteiger partial charge in [-0.2, -0.15) is 4.37 Å². The lowest BCUT2D eigenvalue weighted by Crippen LogP contribution is -2.55. The molecule has 5 nitrogen and oxygen atoms in total. The van der Waals surface area contributed by atoms with E-state index in [1.165, 1.54) is 11.5 Å². The first-order chi connectivity index (χ1) is 9.43. The topological polar surface area (TPSA) is 80.9 Å². The summed E-state index contributed by atoms with van der Waals surface area (Å²) in [5.41, 5.74) is 4.95. The van der Waals surface area contributed by atoms with Crippen LogP contribution in [0.2, 0.25) is 0 Å². The van der Waals surface area contributed by atoms with Crippen LogP contribution < -0.4 is 11.1 Å². The molecule has 1 aromatic heterocycles. The summed E-state index contributed by atoms with van der Waals surface area (Å²) in [4.78, 5) is 16.2. The first-order valence-electron chi connectivity index (χ1n) is 7.00. The predicted octanol–water partition coefficient (Wildman–Crippen LogP) is 1.97. The maximum absolute atomic E-state index is 11.7. The molecule has 0 bridgehead atoms. The highest BCUT2D eigenvalue weighted by Gasteiger charge is 2.38. The van der Waals surface area contributed by atoms with Crippen LogP contribution in [-0.4, -0.2) is 32.1 Å². The van der Waals surface area contributed by atoms with Crippen LogP contribution in [0.15, 0.2) is 4.34 Å². The van der Waals surface area contributed by atoms with E-state index in [2.05, 4.69) is 21.6 Å². The average molecular weight is 314 g/mol. The fourth-order valence-electron chi connectivity index (χ4n) is 2.13.